The summed E-state index contributed by atoms with van der Waals surface area (Å²) >= 11 is 3.15. The first kappa shape index (κ1) is 14.0. The molecule has 102 valence electrons. The Morgan fingerprint density at radius 2 is 1.95 bits per heavy atom. The standard InChI is InChI=1S/C13H14BrFN2O2/c14-9-1-2-10(11(15)7-9)13(19)17-5-3-8(4-6-17)12(16)18/h1-2,7-8H,3-6H2,(H2,16,18). The van der Waals surface area contributed by atoms with E-state index in [0.29, 0.717) is 30.4 Å². The zero-order valence-corrected chi connectivity index (χ0v) is 11.8. The van der Waals surface area contributed by atoms with Gasteiger partial charge in [0.15, 0.2) is 0 Å². The number of likely N-dealkylation sites (tertiary alicyclic amines) is 1. The van der Waals surface area contributed by atoms with Crippen molar-refractivity contribution < 1.29 is 14.0 Å². The van der Waals surface area contributed by atoms with Gasteiger partial charge in [0.25, 0.3) is 5.91 Å². The number of primary amides is 1. The molecule has 0 spiro atoms. The summed E-state index contributed by atoms with van der Waals surface area (Å²) in [6.07, 6.45) is 1.08. The molecule has 2 N–H and O–H groups in total. The molecule has 2 amide bonds. The van der Waals surface area contributed by atoms with E-state index in [0.717, 1.165) is 0 Å². The SMILES string of the molecule is NC(=O)C1CCN(C(=O)c2ccc(Br)cc2F)CC1. The van der Waals surface area contributed by atoms with E-state index in [4.69, 9.17) is 5.73 Å². The number of nitrogens with zero attached hydrogens (tertiary/aromatic N) is 1. The maximum atomic E-state index is 13.7. The van der Waals surface area contributed by atoms with Crippen molar-refractivity contribution in [1.29, 1.82) is 0 Å². The Morgan fingerprint density at radius 1 is 1.32 bits per heavy atom. The summed E-state index contributed by atoms with van der Waals surface area (Å²) in [5, 5.41) is 0. The lowest BCUT2D eigenvalue weighted by molar-refractivity contribution is -0.123. The van der Waals surface area contributed by atoms with Crippen molar-refractivity contribution in [2.45, 2.75) is 12.8 Å². The van der Waals surface area contributed by atoms with Gasteiger partial charge in [-0.3, -0.25) is 9.59 Å². The highest BCUT2D eigenvalue weighted by Crippen LogP contribution is 2.21. The Balaban J connectivity index is 2.07. The third kappa shape index (κ3) is 3.12. The highest BCUT2D eigenvalue weighted by molar-refractivity contribution is 9.10. The number of halogens is 2. The van der Waals surface area contributed by atoms with E-state index in [-0.39, 0.29) is 23.3 Å². The Bertz CT molecular complexity index is 513. The first-order valence-electron chi connectivity index (χ1n) is 6.02. The quantitative estimate of drug-likeness (QED) is 0.901. The van der Waals surface area contributed by atoms with Crippen LogP contribution in [0.25, 0.3) is 0 Å². The number of hydrogen-bond donors (Lipinski definition) is 1. The highest BCUT2D eigenvalue weighted by atomic mass is 79.9. The summed E-state index contributed by atoms with van der Waals surface area (Å²) in [5.74, 6) is -1.40. The highest BCUT2D eigenvalue weighted by Gasteiger charge is 2.27. The minimum Gasteiger partial charge on any atom is -0.369 e. The predicted molar refractivity (Wildman–Crippen MR) is 71.9 cm³/mol. The Hall–Kier alpha value is -1.43. The van der Waals surface area contributed by atoms with Gasteiger partial charge in [-0.1, -0.05) is 15.9 Å². The molecule has 0 saturated carbocycles. The number of amides is 2. The maximum absolute atomic E-state index is 13.7. The third-order valence-corrected chi connectivity index (χ3v) is 3.84. The van der Waals surface area contributed by atoms with Gasteiger partial charge < -0.3 is 10.6 Å². The molecule has 0 atom stereocenters. The van der Waals surface area contributed by atoms with E-state index in [9.17, 15) is 14.0 Å². The van der Waals surface area contributed by atoms with Crippen molar-refractivity contribution in [2.75, 3.05) is 13.1 Å². The molecule has 1 heterocycles. The van der Waals surface area contributed by atoms with Crippen LogP contribution in [-0.4, -0.2) is 29.8 Å². The average molecular weight is 329 g/mol. The molecule has 0 bridgehead atoms. The van der Waals surface area contributed by atoms with Crippen LogP contribution >= 0.6 is 15.9 Å². The van der Waals surface area contributed by atoms with Crippen LogP contribution in [-0.2, 0) is 4.79 Å². The van der Waals surface area contributed by atoms with Crippen LogP contribution in [0.2, 0.25) is 0 Å². The fourth-order valence-corrected chi connectivity index (χ4v) is 2.53. The first-order chi connectivity index (χ1) is 8.99. The molecule has 1 aliphatic heterocycles. The maximum Gasteiger partial charge on any atom is 0.256 e. The number of hydrogen-bond acceptors (Lipinski definition) is 2. The van der Waals surface area contributed by atoms with Crippen LogP contribution in [0.3, 0.4) is 0 Å². The van der Waals surface area contributed by atoms with Crippen LogP contribution in [0, 0.1) is 11.7 Å². The molecule has 1 aliphatic rings. The summed E-state index contributed by atoms with van der Waals surface area (Å²) < 4.78 is 14.3. The fraction of sp³-hybridized carbons (Fsp3) is 0.385. The largest absolute Gasteiger partial charge is 0.369 e. The van der Waals surface area contributed by atoms with E-state index < -0.39 is 5.82 Å². The van der Waals surface area contributed by atoms with Crippen molar-refractivity contribution in [3.8, 4) is 0 Å². The summed E-state index contributed by atoms with van der Waals surface area (Å²) in [6, 6.07) is 4.36. The monoisotopic (exact) mass is 328 g/mol. The summed E-state index contributed by atoms with van der Waals surface area (Å²) in [5.41, 5.74) is 5.29. The topological polar surface area (TPSA) is 63.4 Å². The second-order valence-electron chi connectivity index (χ2n) is 4.59. The van der Waals surface area contributed by atoms with E-state index >= 15 is 0 Å². The molecular weight excluding hydrogens is 315 g/mol. The van der Waals surface area contributed by atoms with Crippen molar-refractivity contribution in [3.63, 3.8) is 0 Å². The van der Waals surface area contributed by atoms with Crippen LogP contribution in [0.15, 0.2) is 22.7 Å². The van der Waals surface area contributed by atoms with Gasteiger partial charge in [0.1, 0.15) is 5.82 Å². The number of nitrogens with two attached hydrogens (primary N) is 1. The molecule has 0 unspecified atom stereocenters. The minimum absolute atomic E-state index is 0.0562. The Kier molecular flexibility index (Phi) is 4.19. The van der Waals surface area contributed by atoms with Crippen LogP contribution in [0.5, 0.6) is 0 Å². The molecule has 1 aromatic rings. The second kappa shape index (κ2) is 5.69. The lowest BCUT2D eigenvalue weighted by atomic mass is 9.96. The van der Waals surface area contributed by atoms with Crippen LogP contribution in [0.1, 0.15) is 23.2 Å². The molecule has 1 fully saturated rings. The number of rotatable bonds is 2. The molecule has 1 aromatic carbocycles. The normalized spacial score (nSPS) is 16.4. The van der Waals surface area contributed by atoms with Gasteiger partial charge in [-0.2, -0.15) is 0 Å². The van der Waals surface area contributed by atoms with Gasteiger partial charge in [0, 0.05) is 23.5 Å². The van der Waals surface area contributed by atoms with E-state index in [1.54, 1.807) is 11.0 Å². The smallest absolute Gasteiger partial charge is 0.256 e. The molecule has 2 rings (SSSR count). The fourth-order valence-electron chi connectivity index (χ4n) is 2.20. The predicted octanol–water partition coefficient (Wildman–Crippen LogP) is 1.93. The van der Waals surface area contributed by atoms with Gasteiger partial charge in [0.2, 0.25) is 5.91 Å². The van der Waals surface area contributed by atoms with Gasteiger partial charge in [0.05, 0.1) is 5.56 Å². The van der Waals surface area contributed by atoms with Crippen molar-refractivity contribution >= 4 is 27.7 Å². The van der Waals surface area contributed by atoms with Gasteiger partial charge >= 0.3 is 0 Å². The first-order valence-corrected chi connectivity index (χ1v) is 6.82. The Labute approximate surface area is 118 Å². The van der Waals surface area contributed by atoms with Gasteiger partial charge in [-0.25, -0.2) is 4.39 Å². The third-order valence-electron chi connectivity index (χ3n) is 3.35. The van der Waals surface area contributed by atoms with Crippen molar-refractivity contribution in [1.82, 2.24) is 4.90 Å². The number of piperidine rings is 1. The lowest BCUT2D eigenvalue weighted by Gasteiger charge is -2.30. The van der Waals surface area contributed by atoms with Crippen LogP contribution in [0.4, 0.5) is 4.39 Å². The molecule has 6 heteroatoms. The summed E-state index contributed by atoms with van der Waals surface area (Å²) in [4.78, 5) is 24.8. The molecule has 0 radical (unpaired) electrons. The zero-order valence-electron chi connectivity index (χ0n) is 10.2. The minimum atomic E-state index is -0.545. The molecule has 4 nitrogen and oxygen atoms in total. The summed E-state index contributed by atoms with van der Waals surface area (Å²) in [6.45, 7) is 0.865. The molecule has 19 heavy (non-hydrogen) atoms. The molecule has 0 aliphatic carbocycles. The van der Waals surface area contributed by atoms with E-state index in [2.05, 4.69) is 15.9 Å². The van der Waals surface area contributed by atoms with E-state index in [1.165, 1.54) is 12.1 Å². The molecular formula is C13H14BrFN2O2. The van der Waals surface area contributed by atoms with Gasteiger partial charge in [-0.05, 0) is 31.0 Å². The van der Waals surface area contributed by atoms with Crippen molar-refractivity contribution in [2.24, 2.45) is 11.7 Å². The molecule has 0 aromatic heterocycles. The zero-order chi connectivity index (χ0) is 14.0. The second-order valence-corrected chi connectivity index (χ2v) is 5.51. The molecule has 1 saturated heterocycles. The summed E-state index contributed by atoms with van der Waals surface area (Å²) in [7, 11) is 0. The average Bonchev–Trinajstić information content (AvgIpc) is 2.38. The number of carbonyl (C=O) groups is 2. The van der Waals surface area contributed by atoms with Crippen molar-refractivity contribution in [3.05, 3.63) is 34.1 Å². The lowest BCUT2D eigenvalue weighted by Crippen LogP contribution is -2.42. The van der Waals surface area contributed by atoms with Gasteiger partial charge in [-0.15, -0.1) is 0 Å². The van der Waals surface area contributed by atoms with Crippen LogP contribution < -0.4 is 5.73 Å². The van der Waals surface area contributed by atoms with E-state index in [1.807, 2.05) is 0 Å². The number of benzene rings is 1. The Morgan fingerprint density at radius 3 is 2.47 bits per heavy atom. The number of carbonyl (C=O) groups excluding carboxylic acids is 2.